The normalized spacial score (nSPS) is 29.5. The number of aliphatic hydroxyl groups is 7. The second kappa shape index (κ2) is 29.9. The van der Waals surface area contributed by atoms with Crippen LogP contribution in [0, 0.1) is 0 Å². The molecule has 11 atom stereocenters. The molecule has 0 amide bonds. The molecular weight excluding hydrogens is 704 g/mol. The standard InChI is InChI=1S/C40H74O14/c1-3-5-7-9-11-12-13-14-15-16-17-18-19-21-23-32(42)52-29(26-49-24-22-20-10-8-6-4-2)27-50-39-38(48)36(46)34(44)31(54-39)28-51-40-37(47)35(45)33(43)30(25-41)53-40/h13-14,29-31,33-41,43-48H,3-12,15-28H2,1-2H3/b14-13-. The van der Waals surface area contributed by atoms with Gasteiger partial charge in [-0.15, -0.1) is 0 Å². The van der Waals surface area contributed by atoms with Crippen molar-refractivity contribution in [2.24, 2.45) is 0 Å². The fourth-order valence-corrected chi connectivity index (χ4v) is 6.51. The van der Waals surface area contributed by atoms with Crippen molar-refractivity contribution in [3.05, 3.63) is 12.2 Å². The Morgan fingerprint density at radius 1 is 0.593 bits per heavy atom. The Hall–Kier alpha value is -1.27. The van der Waals surface area contributed by atoms with Gasteiger partial charge in [-0.1, -0.05) is 103 Å². The summed E-state index contributed by atoms with van der Waals surface area (Å²) in [5.74, 6) is -0.389. The van der Waals surface area contributed by atoms with Gasteiger partial charge in [-0.05, 0) is 38.5 Å². The van der Waals surface area contributed by atoms with Gasteiger partial charge in [0.1, 0.15) is 54.9 Å². The molecule has 2 rings (SSSR count). The summed E-state index contributed by atoms with van der Waals surface area (Å²) in [5.41, 5.74) is 0. The van der Waals surface area contributed by atoms with Crippen molar-refractivity contribution in [1.82, 2.24) is 0 Å². The molecule has 2 saturated heterocycles. The number of hydrogen-bond donors (Lipinski definition) is 7. The summed E-state index contributed by atoms with van der Waals surface area (Å²) in [4.78, 5) is 12.8. The van der Waals surface area contributed by atoms with Gasteiger partial charge in [0, 0.05) is 13.0 Å². The van der Waals surface area contributed by atoms with E-state index in [0.29, 0.717) is 13.0 Å². The van der Waals surface area contributed by atoms with Crippen LogP contribution in [0.15, 0.2) is 12.2 Å². The fourth-order valence-electron chi connectivity index (χ4n) is 6.51. The molecule has 318 valence electrons. The molecule has 0 aliphatic carbocycles. The average molecular weight is 779 g/mol. The molecule has 7 N–H and O–H groups in total. The van der Waals surface area contributed by atoms with Crippen molar-refractivity contribution in [3.8, 4) is 0 Å². The van der Waals surface area contributed by atoms with Gasteiger partial charge in [0.15, 0.2) is 12.6 Å². The van der Waals surface area contributed by atoms with Crippen LogP contribution in [-0.2, 0) is 33.2 Å². The van der Waals surface area contributed by atoms with Crippen LogP contribution < -0.4 is 0 Å². The Kier molecular flexibility index (Phi) is 27.1. The van der Waals surface area contributed by atoms with E-state index in [-0.39, 0.29) is 25.6 Å². The van der Waals surface area contributed by atoms with Gasteiger partial charge < -0.3 is 64.2 Å². The average Bonchev–Trinajstić information content (AvgIpc) is 3.17. The molecule has 0 spiro atoms. The Balaban J connectivity index is 1.82. The first kappa shape index (κ1) is 48.9. The summed E-state index contributed by atoms with van der Waals surface area (Å²) >= 11 is 0. The van der Waals surface area contributed by atoms with E-state index in [1.54, 1.807) is 0 Å². The molecule has 0 radical (unpaired) electrons. The largest absolute Gasteiger partial charge is 0.457 e. The van der Waals surface area contributed by atoms with Crippen molar-refractivity contribution in [1.29, 1.82) is 0 Å². The Bertz CT molecular complexity index is 954. The van der Waals surface area contributed by atoms with Gasteiger partial charge in [0.2, 0.25) is 0 Å². The van der Waals surface area contributed by atoms with E-state index in [1.807, 2.05) is 0 Å². The number of carbonyl (C=O) groups is 1. The highest BCUT2D eigenvalue weighted by atomic mass is 16.7. The van der Waals surface area contributed by atoms with E-state index >= 15 is 0 Å². The predicted octanol–water partition coefficient (Wildman–Crippen LogP) is 3.56. The smallest absolute Gasteiger partial charge is 0.306 e. The van der Waals surface area contributed by atoms with Gasteiger partial charge in [0.25, 0.3) is 0 Å². The lowest BCUT2D eigenvalue weighted by Crippen LogP contribution is -2.61. The van der Waals surface area contributed by atoms with Crippen molar-refractivity contribution in [3.63, 3.8) is 0 Å². The lowest BCUT2D eigenvalue weighted by molar-refractivity contribution is -0.332. The molecule has 11 unspecified atom stereocenters. The minimum atomic E-state index is -1.70. The van der Waals surface area contributed by atoms with Crippen LogP contribution in [0.2, 0.25) is 0 Å². The number of rotatable bonds is 31. The molecule has 0 bridgehead atoms. The van der Waals surface area contributed by atoms with E-state index in [2.05, 4.69) is 26.0 Å². The maximum atomic E-state index is 12.8. The third kappa shape index (κ3) is 19.3. The molecule has 14 heteroatoms. The van der Waals surface area contributed by atoms with E-state index in [4.69, 9.17) is 28.4 Å². The quantitative estimate of drug-likeness (QED) is 0.0305. The Labute approximate surface area is 323 Å². The van der Waals surface area contributed by atoms with Crippen LogP contribution in [0.4, 0.5) is 0 Å². The van der Waals surface area contributed by atoms with Gasteiger partial charge >= 0.3 is 5.97 Å². The zero-order valence-electron chi connectivity index (χ0n) is 33.0. The van der Waals surface area contributed by atoms with E-state index in [1.165, 1.54) is 51.4 Å². The van der Waals surface area contributed by atoms with Crippen molar-refractivity contribution < 1.29 is 69.0 Å². The van der Waals surface area contributed by atoms with Crippen LogP contribution in [0.5, 0.6) is 0 Å². The Morgan fingerprint density at radius 2 is 1.09 bits per heavy atom. The Morgan fingerprint density at radius 3 is 1.69 bits per heavy atom. The van der Waals surface area contributed by atoms with Crippen LogP contribution in [0.25, 0.3) is 0 Å². The number of esters is 1. The summed E-state index contributed by atoms with van der Waals surface area (Å²) in [6.07, 6.45) is 8.88. The maximum Gasteiger partial charge on any atom is 0.306 e. The molecule has 2 heterocycles. The third-order valence-corrected chi connectivity index (χ3v) is 10.0. The minimum absolute atomic E-state index is 0.0601. The van der Waals surface area contributed by atoms with Crippen LogP contribution in [0.1, 0.15) is 136 Å². The topological polar surface area (TPSA) is 214 Å². The summed E-state index contributed by atoms with van der Waals surface area (Å²) < 4.78 is 33.9. The second-order valence-corrected chi connectivity index (χ2v) is 14.8. The summed E-state index contributed by atoms with van der Waals surface area (Å²) in [6, 6.07) is 0. The monoisotopic (exact) mass is 779 g/mol. The van der Waals surface area contributed by atoms with E-state index < -0.39 is 80.7 Å². The SMILES string of the molecule is CCCCCCC/C=C\CCCCCCCC(=O)OC(COCCCCCCCC)COC1OC(COC2OC(CO)C(O)C(O)C2O)C(O)C(O)C1O. The number of hydrogen-bond acceptors (Lipinski definition) is 14. The second-order valence-electron chi connectivity index (χ2n) is 14.8. The predicted molar refractivity (Wildman–Crippen MR) is 201 cm³/mol. The molecular formula is C40H74O14. The summed E-state index contributed by atoms with van der Waals surface area (Å²) in [7, 11) is 0. The zero-order chi connectivity index (χ0) is 39.6. The van der Waals surface area contributed by atoms with E-state index in [9.17, 15) is 40.5 Å². The van der Waals surface area contributed by atoms with Crippen LogP contribution >= 0.6 is 0 Å². The first-order chi connectivity index (χ1) is 26.1. The molecule has 2 aliphatic rings. The minimum Gasteiger partial charge on any atom is -0.457 e. The number of carbonyl (C=O) groups excluding carboxylic acids is 1. The lowest BCUT2D eigenvalue weighted by Gasteiger charge is -2.42. The fraction of sp³-hybridized carbons (Fsp3) is 0.925. The molecule has 2 fully saturated rings. The molecule has 2 aliphatic heterocycles. The van der Waals surface area contributed by atoms with Gasteiger partial charge in [-0.25, -0.2) is 0 Å². The molecule has 54 heavy (non-hydrogen) atoms. The maximum absolute atomic E-state index is 12.8. The third-order valence-electron chi connectivity index (χ3n) is 10.0. The van der Waals surface area contributed by atoms with Gasteiger partial charge in [0.05, 0.1) is 26.4 Å². The van der Waals surface area contributed by atoms with Crippen molar-refractivity contribution in [2.45, 2.75) is 203 Å². The zero-order valence-corrected chi connectivity index (χ0v) is 33.0. The lowest BCUT2D eigenvalue weighted by atomic mass is 9.98. The highest BCUT2D eigenvalue weighted by Crippen LogP contribution is 2.26. The number of ether oxygens (including phenoxy) is 6. The van der Waals surface area contributed by atoms with E-state index in [0.717, 1.165) is 57.8 Å². The van der Waals surface area contributed by atoms with Crippen molar-refractivity contribution in [2.75, 3.05) is 33.0 Å². The number of allylic oxidation sites excluding steroid dienone is 2. The molecule has 0 saturated carbocycles. The first-order valence-electron chi connectivity index (χ1n) is 20.8. The molecule has 0 aromatic rings. The molecule has 14 nitrogen and oxygen atoms in total. The highest BCUT2D eigenvalue weighted by molar-refractivity contribution is 5.69. The van der Waals surface area contributed by atoms with Gasteiger partial charge in [-0.2, -0.15) is 0 Å². The molecule has 0 aromatic carbocycles. The summed E-state index contributed by atoms with van der Waals surface area (Å²) in [6.45, 7) is 3.59. The highest BCUT2D eigenvalue weighted by Gasteiger charge is 2.47. The summed E-state index contributed by atoms with van der Waals surface area (Å²) in [5, 5.41) is 71.5. The number of unbranched alkanes of at least 4 members (excludes halogenated alkanes) is 15. The number of aliphatic hydroxyl groups excluding tert-OH is 7. The first-order valence-corrected chi connectivity index (χ1v) is 20.8. The van der Waals surface area contributed by atoms with Gasteiger partial charge in [-0.3, -0.25) is 4.79 Å². The van der Waals surface area contributed by atoms with Crippen molar-refractivity contribution >= 4 is 5.97 Å². The molecule has 0 aromatic heterocycles. The van der Waals surface area contributed by atoms with Crippen LogP contribution in [0.3, 0.4) is 0 Å². The van der Waals surface area contributed by atoms with Crippen LogP contribution in [-0.4, -0.2) is 142 Å².